The van der Waals surface area contributed by atoms with Gasteiger partial charge in [0.2, 0.25) is 0 Å². The number of carbonyl (C=O) groups is 4. The molecule has 0 aromatic heterocycles. The lowest BCUT2D eigenvalue weighted by atomic mass is 10.0. The lowest BCUT2D eigenvalue weighted by Crippen LogP contribution is -2.30. The van der Waals surface area contributed by atoms with Gasteiger partial charge in [-0.15, -0.1) is 0 Å². The van der Waals surface area contributed by atoms with Gasteiger partial charge in [-0.3, -0.25) is 37.3 Å². The number of rotatable bonds is 71. The second kappa shape index (κ2) is 64.4. The molecule has 534 valence electrons. The number of hydrogen-bond donors (Lipinski definition) is 3. The zero-order valence-electron chi connectivity index (χ0n) is 58.3. The lowest BCUT2D eigenvalue weighted by Gasteiger charge is -2.21. The van der Waals surface area contributed by atoms with Crippen LogP contribution in [0, 0.1) is 5.92 Å². The number of unbranched alkanes of at least 4 members (excludes halogenated alkanes) is 43. The van der Waals surface area contributed by atoms with Gasteiger partial charge < -0.3 is 33.8 Å². The molecule has 0 bridgehead atoms. The first-order valence-electron chi connectivity index (χ1n) is 37.1. The summed E-state index contributed by atoms with van der Waals surface area (Å²) in [6.45, 7) is 7.17. The van der Waals surface area contributed by atoms with Gasteiger partial charge in [-0.25, -0.2) is 9.13 Å². The van der Waals surface area contributed by atoms with Crippen LogP contribution in [0.25, 0.3) is 0 Å². The van der Waals surface area contributed by atoms with E-state index in [1.54, 1.807) is 0 Å². The van der Waals surface area contributed by atoms with Crippen LogP contribution in [-0.2, 0) is 65.4 Å². The summed E-state index contributed by atoms with van der Waals surface area (Å²) >= 11 is 0. The van der Waals surface area contributed by atoms with E-state index < -0.39 is 97.5 Å². The highest BCUT2D eigenvalue weighted by Gasteiger charge is 2.30. The van der Waals surface area contributed by atoms with E-state index in [2.05, 4.69) is 34.6 Å². The fraction of sp³-hybridized carbons (Fsp3) is 0.944. The molecule has 0 saturated carbocycles. The fourth-order valence-electron chi connectivity index (χ4n) is 10.8. The molecule has 3 N–H and O–H groups in total. The van der Waals surface area contributed by atoms with Crippen molar-refractivity contribution in [2.24, 2.45) is 5.92 Å². The zero-order valence-corrected chi connectivity index (χ0v) is 60.1. The molecule has 0 aromatic carbocycles. The van der Waals surface area contributed by atoms with E-state index in [0.717, 1.165) is 96.3 Å². The predicted octanol–water partition coefficient (Wildman–Crippen LogP) is 20.5. The minimum Gasteiger partial charge on any atom is -0.462 e. The number of phosphoric ester groups is 2. The first-order chi connectivity index (χ1) is 43.5. The quantitative estimate of drug-likeness (QED) is 0.0222. The van der Waals surface area contributed by atoms with Gasteiger partial charge in [0.1, 0.15) is 19.3 Å². The predicted molar refractivity (Wildman–Crippen MR) is 363 cm³/mol. The number of esters is 4. The summed E-state index contributed by atoms with van der Waals surface area (Å²) in [6, 6.07) is 0. The van der Waals surface area contributed by atoms with Gasteiger partial charge >= 0.3 is 39.5 Å². The Kier molecular flexibility index (Phi) is 63.0. The first kappa shape index (κ1) is 88.1. The maximum atomic E-state index is 13.0. The molecule has 0 aliphatic heterocycles. The molecular weight excluding hydrogens is 1190 g/mol. The highest BCUT2D eigenvalue weighted by atomic mass is 31.2. The lowest BCUT2D eigenvalue weighted by molar-refractivity contribution is -0.161. The second-order valence-electron chi connectivity index (χ2n) is 26.1. The normalized spacial score (nSPS) is 14.1. The van der Waals surface area contributed by atoms with Crippen LogP contribution >= 0.6 is 15.6 Å². The van der Waals surface area contributed by atoms with E-state index >= 15 is 0 Å². The molecule has 17 nitrogen and oxygen atoms in total. The maximum absolute atomic E-state index is 13.0. The Bertz CT molecular complexity index is 1740. The SMILES string of the molecule is CCCCCCCCCCCCCCCCCCC(=O)O[C@H](COC(=O)CCCCCCCCCCCCCCCCC)COP(=O)(O)OC[C@@H](O)COP(=O)(O)OC[C@@H](COC(=O)CCCCCCCCC(C)C)OC(=O)CCCCCCCCCCCC. The molecule has 0 saturated heterocycles. The Morgan fingerprint density at radius 3 is 0.756 bits per heavy atom. The Morgan fingerprint density at radius 1 is 0.300 bits per heavy atom. The van der Waals surface area contributed by atoms with Gasteiger partial charge in [0.15, 0.2) is 12.2 Å². The Morgan fingerprint density at radius 2 is 0.511 bits per heavy atom. The summed E-state index contributed by atoms with van der Waals surface area (Å²) in [4.78, 5) is 72.5. The Hall–Kier alpha value is -1.94. The third-order valence-electron chi connectivity index (χ3n) is 16.5. The number of aliphatic hydroxyl groups is 1. The first-order valence-corrected chi connectivity index (χ1v) is 40.1. The zero-order chi connectivity index (χ0) is 66.3. The van der Waals surface area contributed by atoms with E-state index in [-0.39, 0.29) is 25.7 Å². The van der Waals surface area contributed by atoms with E-state index in [1.807, 2.05) is 0 Å². The van der Waals surface area contributed by atoms with E-state index in [1.165, 1.54) is 186 Å². The molecule has 0 heterocycles. The van der Waals surface area contributed by atoms with Gasteiger partial charge in [-0.1, -0.05) is 317 Å². The fourth-order valence-corrected chi connectivity index (χ4v) is 12.4. The van der Waals surface area contributed by atoms with Crippen LogP contribution in [-0.4, -0.2) is 96.7 Å². The van der Waals surface area contributed by atoms with Crippen molar-refractivity contribution >= 4 is 39.5 Å². The summed E-state index contributed by atoms with van der Waals surface area (Å²) in [6.07, 6.45) is 51.4. The third-order valence-corrected chi connectivity index (χ3v) is 18.4. The largest absolute Gasteiger partial charge is 0.472 e. The molecule has 0 fully saturated rings. The van der Waals surface area contributed by atoms with Crippen molar-refractivity contribution in [1.29, 1.82) is 0 Å². The average Bonchev–Trinajstić information content (AvgIpc) is 3.63. The van der Waals surface area contributed by atoms with Crippen molar-refractivity contribution in [3.63, 3.8) is 0 Å². The molecule has 0 radical (unpaired) electrons. The van der Waals surface area contributed by atoms with Crippen molar-refractivity contribution in [1.82, 2.24) is 0 Å². The summed E-state index contributed by atoms with van der Waals surface area (Å²) in [5.41, 5.74) is 0. The molecule has 0 aliphatic carbocycles. The van der Waals surface area contributed by atoms with Gasteiger partial charge in [0.05, 0.1) is 26.4 Å². The molecule has 19 heteroatoms. The van der Waals surface area contributed by atoms with Crippen molar-refractivity contribution in [3.8, 4) is 0 Å². The highest BCUT2D eigenvalue weighted by Crippen LogP contribution is 2.45. The minimum atomic E-state index is -4.95. The Labute approximate surface area is 549 Å². The number of ether oxygens (including phenoxy) is 4. The second-order valence-corrected chi connectivity index (χ2v) is 29.0. The molecule has 0 rings (SSSR count). The third kappa shape index (κ3) is 64.8. The van der Waals surface area contributed by atoms with Gasteiger partial charge in [-0.05, 0) is 31.6 Å². The number of hydrogen-bond acceptors (Lipinski definition) is 15. The van der Waals surface area contributed by atoms with E-state index in [9.17, 15) is 43.2 Å². The van der Waals surface area contributed by atoms with Crippen LogP contribution in [0.1, 0.15) is 369 Å². The van der Waals surface area contributed by atoms with E-state index in [4.69, 9.17) is 37.0 Å². The van der Waals surface area contributed by atoms with Gasteiger partial charge in [0.25, 0.3) is 0 Å². The molecule has 0 spiro atoms. The molecule has 5 atom stereocenters. The van der Waals surface area contributed by atoms with Crippen LogP contribution in [0.5, 0.6) is 0 Å². The topological polar surface area (TPSA) is 237 Å². The van der Waals surface area contributed by atoms with Crippen LogP contribution in [0.2, 0.25) is 0 Å². The number of phosphoric acid groups is 2. The molecule has 0 aliphatic rings. The summed E-state index contributed by atoms with van der Waals surface area (Å²) in [5, 5.41) is 10.6. The van der Waals surface area contributed by atoms with Gasteiger partial charge in [0, 0.05) is 25.7 Å². The van der Waals surface area contributed by atoms with Crippen molar-refractivity contribution < 1.29 is 80.2 Å². The molecule has 2 unspecified atom stereocenters. The van der Waals surface area contributed by atoms with Crippen molar-refractivity contribution in [2.75, 3.05) is 39.6 Å². The van der Waals surface area contributed by atoms with Gasteiger partial charge in [-0.2, -0.15) is 0 Å². The molecule has 0 aromatic rings. The molecular formula is C71H138O17P2. The van der Waals surface area contributed by atoms with E-state index in [0.29, 0.717) is 31.6 Å². The smallest absolute Gasteiger partial charge is 0.462 e. The number of carbonyl (C=O) groups excluding carboxylic acids is 4. The van der Waals surface area contributed by atoms with Crippen LogP contribution < -0.4 is 0 Å². The average molecular weight is 1330 g/mol. The monoisotopic (exact) mass is 1320 g/mol. The standard InChI is InChI=1S/C71H138O17P2/c1-6-9-12-15-18-21-24-26-28-30-32-34-37-40-47-52-57-71(76)87-66(60-81-68(73)54-49-44-38-36-33-31-29-27-25-22-19-16-13-10-7-2)62-85-89(77,78)83-58-65(72)59-84-90(79,80)86-63-67(61-82-69(74)55-50-45-42-41-43-48-53-64(4)5)88-70(75)56-51-46-39-35-23-20-17-14-11-8-3/h64-67,72H,6-63H2,1-5H3,(H,77,78)(H,79,80)/t65-,66-,67-/m1/s1. The van der Waals surface area contributed by atoms with Crippen LogP contribution in [0.3, 0.4) is 0 Å². The summed E-state index contributed by atoms with van der Waals surface area (Å²) in [7, 11) is -9.90. The van der Waals surface area contributed by atoms with Crippen LogP contribution in [0.4, 0.5) is 0 Å². The van der Waals surface area contributed by atoms with Crippen molar-refractivity contribution in [2.45, 2.75) is 387 Å². The van der Waals surface area contributed by atoms with Crippen molar-refractivity contribution in [3.05, 3.63) is 0 Å². The Balaban J connectivity index is 5.22. The summed E-state index contributed by atoms with van der Waals surface area (Å²) in [5.74, 6) is -1.44. The molecule has 90 heavy (non-hydrogen) atoms. The maximum Gasteiger partial charge on any atom is 0.472 e. The van der Waals surface area contributed by atoms with Crippen LogP contribution in [0.15, 0.2) is 0 Å². The number of aliphatic hydroxyl groups excluding tert-OH is 1. The molecule has 0 amide bonds. The highest BCUT2D eigenvalue weighted by molar-refractivity contribution is 7.47. The minimum absolute atomic E-state index is 0.106. The summed E-state index contributed by atoms with van der Waals surface area (Å²) < 4.78 is 68.3.